The van der Waals surface area contributed by atoms with Crippen LogP contribution in [-0.4, -0.2) is 48.5 Å². The van der Waals surface area contributed by atoms with Gasteiger partial charge in [0, 0.05) is 67.4 Å². The molecule has 8 heteroatoms. The van der Waals surface area contributed by atoms with E-state index in [2.05, 4.69) is 21.3 Å². The van der Waals surface area contributed by atoms with E-state index in [9.17, 15) is 9.18 Å². The highest BCUT2D eigenvalue weighted by Gasteiger charge is 2.26. The summed E-state index contributed by atoms with van der Waals surface area (Å²) >= 11 is 0. The van der Waals surface area contributed by atoms with Crippen molar-refractivity contribution in [1.29, 1.82) is 0 Å². The summed E-state index contributed by atoms with van der Waals surface area (Å²) in [5.41, 5.74) is 3.84. The van der Waals surface area contributed by atoms with E-state index in [0.29, 0.717) is 19.5 Å². The van der Waals surface area contributed by atoms with Crippen molar-refractivity contribution in [2.24, 2.45) is 0 Å². The number of fused-ring (bicyclic) bond motifs is 3. The van der Waals surface area contributed by atoms with E-state index in [1.807, 2.05) is 17.0 Å². The lowest BCUT2D eigenvalue weighted by Gasteiger charge is -2.34. The predicted molar refractivity (Wildman–Crippen MR) is 120 cm³/mol. The van der Waals surface area contributed by atoms with Crippen molar-refractivity contribution in [2.45, 2.75) is 25.8 Å². The summed E-state index contributed by atoms with van der Waals surface area (Å²) in [6.07, 6.45) is 3.96. The van der Waals surface area contributed by atoms with E-state index in [1.54, 1.807) is 6.07 Å². The summed E-state index contributed by atoms with van der Waals surface area (Å²) in [5, 5.41) is 4.58. The van der Waals surface area contributed by atoms with Gasteiger partial charge in [0.05, 0.1) is 12.7 Å². The van der Waals surface area contributed by atoms with E-state index in [-0.39, 0.29) is 24.1 Å². The normalized spacial score (nSPS) is 17.3. The van der Waals surface area contributed by atoms with Crippen LogP contribution in [0.5, 0.6) is 0 Å². The fourth-order valence-electron chi connectivity index (χ4n) is 4.35. The number of carbonyl (C=O) groups is 1. The summed E-state index contributed by atoms with van der Waals surface area (Å²) in [7, 11) is 0. The minimum atomic E-state index is -0.330. The number of rotatable bonds is 4. The number of halogens is 2. The topological polar surface area (TPSA) is 61.6 Å². The second-order valence-electron chi connectivity index (χ2n) is 8.00. The summed E-state index contributed by atoms with van der Waals surface area (Å²) in [6, 6.07) is 9.23. The van der Waals surface area contributed by atoms with Crippen molar-refractivity contribution in [3.63, 3.8) is 0 Å². The number of amides is 1. The van der Waals surface area contributed by atoms with Crippen LogP contribution in [0.4, 0.5) is 10.1 Å². The number of carbonyl (C=O) groups excluding carboxylic acids is 1. The number of hydrogen-bond acceptors (Lipinski definition) is 5. The Morgan fingerprint density at radius 3 is 2.90 bits per heavy atom. The van der Waals surface area contributed by atoms with Crippen LogP contribution >= 0.6 is 12.4 Å². The Hall–Kier alpha value is -2.48. The molecular weight excluding hydrogens is 419 g/mol. The number of aromatic nitrogens is 1. The van der Waals surface area contributed by atoms with Crippen LogP contribution in [0, 0.1) is 5.82 Å². The largest absolute Gasteiger partial charge is 0.461 e. The first kappa shape index (κ1) is 21.7. The van der Waals surface area contributed by atoms with Crippen LogP contribution < -0.4 is 10.2 Å². The molecule has 1 aromatic carbocycles. The van der Waals surface area contributed by atoms with Gasteiger partial charge < -0.3 is 14.6 Å². The number of benzene rings is 1. The summed E-state index contributed by atoms with van der Waals surface area (Å²) < 4.78 is 19.1. The molecule has 2 aliphatic rings. The molecule has 0 radical (unpaired) electrons. The van der Waals surface area contributed by atoms with Crippen LogP contribution in [0.25, 0.3) is 11.0 Å². The maximum atomic E-state index is 13.0. The third-order valence-electron chi connectivity index (χ3n) is 6.00. The quantitative estimate of drug-likeness (QED) is 0.669. The number of anilines is 1. The van der Waals surface area contributed by atoms with Crippen molar-refractivity contribution in [2.75, 3.05) is 37.6 Å². The molecule has 0 spiro atoms. The molecule has 3 aromatic rings. The smallest absolute Gasteiger partial charge is 0.241 e. The summed E-state index contributed by atoms with van der Waals surface area (Å²) in [5.74, 6) is 0.823. The van der Waals surface area contributed by atoms with E-state index in [1.165, 1.54) is 17.8 Å². The lowest BCUT2D eigenvalue weighted by Crippen LogP contribution is -2.50. The SMILES string of the molecule is Cl.O=C1CN(CCc2ccc(F)cn2)CCN1c1ccc2c3c(oc2c1)CCCNC3. The van der Waals surface area contributed by atoms with Gasteiger partial charge in [-0.3, -0.25) is 14.7 Å². The number of nitrogens with zero attached hydrogens (tertiary/aromatic N) is 3. The van der Waals surface area contributed by atoms with E-state index >= 15 is 0 Å². The molecule has 0 atom stereocenters. The van der Waals surface area contributed by atoms with E-state index < -0.39 is 0 Å². The van der Waals surface area contributed by atoms with E-state index in [4.69, 9.17) is 4.42 Å². The van der Waals surface area contributed by atoms with E-state index in [0.717, 1.165) is 67.1 Å². The molecule has 2 aliphatic heterocycles. The molecule has 0 aliphatic carbocycles. The fraction of sp³-hybridized carbons (Fsp3) is 0.391. The maximum absolute atomic E-state index is 13.0. The highest BCUT2D eigenvalue weighted by Crippen LogP contribution is 2.31. The Morgan fingerprint density at radius 1 is 1.19 bits per heavy atom. The van der Waals surface area contributed by atoms with Crippen molar-refractivity contribution >= 4 is 35.0 Å². The highest BCUT2D eigenvalue weighted by atomic mass is 35.5. The number of pyridine rings is 1. The Labute approximate surface area is 186 Å². The van der Waals surface area contributed by atoms with Crippen LogP contribution in [0.3, 0.4) is 0 Å². The predicted octanol–water partition coefficient (Wildman–Crippen LogP) is 3.32. The van der Waals surface area contributed by atoms with Crippen molar-refractivity contribution in [3.05, 3.63) is 59.4 Å². The molecule has 1 saturated heterocycles. The van der Waals surface area contributed by atoms with Gasteiger partial charge in [0.15, 0.2) is 0 Å². The molecule has 0 unspecified atom stereocenters. The first-order chi connectivity index (χ1) is 14.7. The molecule has 0 bridgehead atoms. The Bertz CT molecular complexity index is 1070. The van der Waals surface area contributed by atoms with Gasteiger partial charge in [-0.1, -0.05) is 0 Å². The van der Waals surface area contributed by atoms with Gasteiger partial charge in [0.1, 0.15) is 17.2 Å². The Morgan fingerprint density at radius 2 is 2.10 bits per heavy atom. The van der Waals surface area contributed by atoms with Crippen LogP contribution in [0.15, 0.2) is 40.9 Å². The van der Waals surface area contributed by atoms with Crippen molar-refractivity contribution in [3.8, 4) is 0 Å². The molecule has 5 rings (SSSR count). The first-order valence-electron chi connectivity index (χ1n) is 10.6. The van der Waals surface area contributed by atoms with Crippen LogP contribution in [-0.2, 0) is 24.2 Å². The number of hydrogen-bond donors (Lipinski definition) is 1. The number of piperazine rings is 1. The second-order valence-corrected chi connectivity index (χ2v) is 8.00. The fourth-order valence-corrected chi connectivity index (χ4v) is 4.35. The third kappa shape index (κ3) is 4.59. The van der Waals surface area contributed by atoms with Gasteiger partial charge >= 0.3 is 0 Å². The molecule has 1 amide bonds. The first-order valence-corrected chi connectivity index (χ1v) is 10.6. The second kappa shape index (κ2) is 9.34. The highest BCUT2D eigenvalue weighted by molar-refractivity contribution is 5.97. The molecule has 4 heterocycles. The van der Waals surface area contributed by atoms with Gasteiger partial charge in [0.25, 0.3) is 0 Å². The van der Waals surface area contributed by atoms with Gasteiger partial charge in [-0.05, 0) is 37.2 Å². The van der Waals surface area contributed by atoms with Crippen molar-refractivity contribution < 1.29 is 13.6 Å². The molecule has 1 fully saturated rings. The maximum Gasteiger partial charge on any atom is 0.241 e. The molecule has 0 saturated carbocycles. The Balaban J connectivity index is 0.00000231. The summed E-state index contributed by atoms with van der Waals surface area (Å²) in [4.78, 5) is 20.9. The zero-order valence-electron chi connectivity index (χ0n) is 17.3. The Kier molecular flexibility index (Phi) is 6.55. The number of furan rings is 1. The average Bonchev–Trinajstić information content (AvgIpc) is 2.93. The molecule has 6 nitrogen and oxygen atoms in total. The lowest BCUT2D eigenvalue weighted by atomic mass is 10.1. The zero-order valence-corrected chi connectivity index (χ0v) is 18.1. The van der Waals surface area contributed by atoms with Crippen molar-refractivity contribution in [1.82, 2.24) is 15.2 Å². The van der Waals surface area contributed by atoms with Crippen LogP contribution in [0.1, 0.15) is 23.4 Å². The average molecular weight is 445 g/mol. The number of aryl methyl sites for hydroxylation is 1. The minimum Gasteiger partial charge on any atom is -0.461 e. The zero-order chi connectivity index (χ0) is 20.5. The number of nitrogens with one attached hydrogen (secondary N) is 1. The monoisotopic (exact) mass is 444 g/mol. The molecular formula is C23H26ClFN4O2. The van der Waals surface area contributed by atoms with Gasteiger partial charge in [-0.2, -0.15) is 0 Å². The van der Waals surface area contributed by atoms with Gasteiger partial charge in [-0.25, -0.2) is 4.39 Å². The molecule has 31 heavy (non-hydrogen) atoms. The molecule has 2 aromatic heterocycles. The van der Waals surface area contributed by atoms with Crippen LogP contribution in [0.2, 0.25) is 0 Å². The molecule has 164 valence electrons. The van der Waals surface area contributed by atoms with Gasteiger partial charge in [0.2, 0.25) is 5.91 Å². The molecule has 1 N–H and O–H groups in total. The minimum absolute atomic E-state index is 0. The third-order valence-corrected chi connectivity index (χ3v) is 6.00. The van der Waals surface area contributed by atoms with Gasteiger partial charge in [-0.15, -0.1) is 12.4 Å². The lowest BCUT2D eigenvalue weighted by molar-refractivity contribution is -0.121. The standard InChI is InChI=1S/C23H25FN4O2.ClH/c24-16-3-4-17(26-13-16)7-9-27-10-11-28(23(29)15-27)18-5-6-19-20-14-25-8-1-2-21(20)30-22(19)12-18;/h3-6,12-13,25H,1-2,7-11,14-15H2;1H. The summed E-state index contributed by atoms with van der Waals surface area (Å²) in [6.45, 7) is 4.39.